The second-order valence-electron chi connectivity index (χ2n) is 5.18. The fourth-order valence-electron chi connectivity index (χ4n) is 2.41. The van der Waals surface area contributed by atoms with Crippen LogP contribution in [0.3, 0.4) is 0 Å². The van der Waals surface area contributed by atoms with Crippen molar-refractivity contribution in [3.8, 4) is 5.75 Å². The first-order valence-corrected chi connectivity index (χ1v) is 7.53. The number of benzene rings is 2. The number of nitrogens with two attached hydrogens (primary N) is 1. The number of rotatable bonds is 4. The molecule has 0 aliphatic rings. The van der Waals surface area contributed by atoms with Gasteiger partial charge in [0.2, 0.25) is 0 Å². The Morgan fingerprint density at radius 2 is 1.86 bits per heavy atom. The van der Waals surface area contributed by atoms with Gasteiger partial charge in [0.1, 0.15) is 5.75 Å². The molecular weight excluding hydrogens is 305 g/mol. The van der Waals surface area contributed by atoms with E-state index in [1.54, 1.807) is 13.2 Å². The van der Waals surface area contributed by atoms with Crippen LogP contribution in [0.1, 0.15) is 28.3 Å². The van der Waals surface area contributed by atoms with Gasteiger partial charge in [-0.25, -0.2) is 0 Å². The first-order valence-electron chi connectivity index (χ1n) is 6.77. The van der Waals surface area contributed by atoms with E-state index in [9.17, 15) is 0 Å². The number of aryl methyl sites for hydroxylation is 1. The topological polar surface area (TPSA) is 35.2 Å². The van der Waals surface area contributed by atoms with Crippen LogP contribution in [-0.2, 0) is 6.42 Å². The second-order valence-corrected chi connectivity index (χ2v) is 6.02. The van der Waals surface area contributed by atoms with Gasteiger partial charge in [0.25, 0.3) is 0 Å². The van der Waals surface area contributed by atoms with Crippen LogP contribution in [-0.4, -0.2) is 7.11 Å². The van der Waals surface area contributed by atoms with E-state index in [4.69, 9.17) is 33.7 Å². The molecule has 4 heteroatoms. The Morgan fingerprint density at radius 3 is 2.48 bits per heavy atom. The van der Waals surface area contributed by atoms with Crippen molar-refractivity contribution in [2.75, 3.05) is 7.11 Å². The smallest absolute Gasteiger partial charge is 0.126 e. The molecule has 112 valence electrons. The monoisotopic (exact) mass is 323 g/mol. The lowest BCUT2D eigenvalue weighted by Gasteiger charge is -2.19. The highest BCUT2D eigenvalue weighted by molar-refractivity contribution is 6.35. The van der Waals surface area contributed by atoms with E-state index >= 15 is 0 Å². The lowest BCUT2D eigenvalue weighted by Crippen LogP contribution is -2.15. The summed E-state index contributed by atoms with van der Waals surface area (Å²) in [5.41, 5.74) is 10.6. The standard InChI is InChI=1S/C17H19Cl2NO/c1-10-4-7-14(17(21-3)11(10)2)16(20)8-12-5-6-13(18)9-15(12)19/h4-7,9,16H,8,20H2,1-3H3. The van der Waals surface area contributed by atoms with E-state index in [1.165, 1.54) is 5.56 Å². The van der Waals surface area contributed by atoms with Crippen molar-refractivity contribution in [2.24, 2.45) is 5.73 Å². The molecule has 0 aliphatic heterocycles. The molecule has 0 fully saturated rings. The van der Waals surface area contributed by atoms with Crippen LogP contribution < -0.4 is 10.5 Å². The molecule has 21 heavy (non-hydrogen) atoms. The zero-order chi connectivity index (χ0) is 15.6. The molecule has 0 saturated heterocycles. The van der Waals surface area contributed by atoms with Gasteiger partial charge in [0, 0.05) is 21.7 Å². The van der Waals surface area contributed by atoms with Crippen LogP contribution in [0.4, 0.5) is 0 Å². The third-order valence-electron chi connectivity index (χ3n) is 3.77. The Hall–Kier alpha value is -1.22. The third kappa shape index (κ3) is 3.52. The van der Waals surface area contributed by atoms with Gasteiger partial charge in [0.05, 0.1) is 7.11 Å². The maximum atomic E-state index is 6.36. The van der Waals surface area contributed by atoms with E-state index in [0.29, 0.717) is 16.5 Å². The summed E-state index contributed by atoms with van der Waals surface area (Å²) in [5.74, 6) is 0.854. The van der Waals surface area contributed by atoms with Gasteiger partial charge >= 0.3 is 0 Å². The molecule has 0 saturated carbocycles. The van der Waals surface area contributed by atoms with Crippen molar-refractivity contribution in [1.82, 2.24) is 0 Å². The van der Waals surface area contributed by atoms with Crippen molar-refractivity contribution in [3.05, 3.63) is 62.6 Å². The summed E-state index contributed by atoms with van der Waals surface area (Å²) in [6, 6.07) is 9.39. The van der Waals surface area contributed by atoms with Crippen molar-refractivity contribution in [3.63, 3.8) is 0 Å². The highest BCUT2D eigenvalue weighted by Crippen LogP contribution is 2.32. The van der Waals surface area contributed by atoms with E-state index in [2.05, 4.69) is 13.0 Å². The summed E-state index contributed by atoms with van der Waals surface area (Å²) in [5, 5.41) is 1.27. The maximum absolute atomic E-state index is 6.36. The minimum atomic E-state index is -0.182. The van der Waals surface area contributed by atoms with Gasteiger partial charge in [-0.05, 0) is 49.1 Å². The summed E-state index contributed by atoms with van der Waals surface area (Å²) >= 11 is 12.1. The van der Waals surface area contributed by atoms with Gasteiger partial charge < -0.3 is 10.5 Å². The zero-order valence-corrected chi connectivity index (χ0v) is 13.9. The Kier molecular flexibility index (Phi) is 5.15. The van der Waals surface area contributed by atoms with E-state index in [1.807, 2.05) is 25.1 Å². The normalized spacial score (nSPS) is 12.3. The molecule has 2 rings (SSSR count). The molecule has 0 spiro atoms. The first-order chi connectivity index (χ1) is 9.93. The molecule has 2 nitrogen and oxygen atoms in total. The highest BCUT2D eigenvalue weighted by Gasteiger charge is 2.16. The Labute approximate surface area is 135 Å². The lowest BCUT2D eigenvalue weighted by molar-refractivity contribution is 0.402. The fourth-order valence-corrected chi connectivity index (χ4v) is 2.89. The molecule has 1 unspecified atom stereocenters. The van der Waals surface area contributed by atoms with Gasteiger partial charge in [-0.1, -0.05) is 41.4 Å². The number of methoxy groups -OCH3 is 1. The largest absolute Gasteiger partial charge is 0.496 e. The number of hydrogen-bond donors (Lipinski definition) is 1. The number of halogens is 2. The SMILES string of the molecule is COc1c(C(N)Cc2ccc(Cl)cc2Cl)ccc(C)c1C. The summed E-state index contributed by atoms with van der Waals surface area (Å²) in [6.07, 6.45) is 0.634. The molecule has 2 N–H and O–H groups in total. The molecule has 0 bridgehead atoms. The van der Waals surface area contributed by atoms with Crippen LogP contribution in [0.25, 0.3) is 0 Å². The average molecular weight is 324 g/mol. The van der Waals surface area contributed by atoms with Crippen LogP contribution in [0.15, 0.2) is 30.3 Å². The maximum Gasteiger partial charge on any atom is 0.126 e. The summed E-state index contributed by atoms with van der Waals surface area (Å²) in [4.78, 5) is 0. The minimum Gasteiger partial charge on any atom is -0.496 e. The first kappa shape index (κ1) is 16.2. The second kappa shape index (κ2) is 6.69. The average Bonchev–Trinajstić information content (AvgIpc) is 2.44. The van der Waals surface area contributed by atoms with E-state index < -0.39 is 0 Å². The van der Waals surface area contributed by atoms with Crippen molar-refractivity contribution in [1.29, 1.82) is 0 Å². The minimum absolute atomic E-state index is 0.182. The van der Waals surface area contributed by atoms with Crippen LogP contribution >= 0.6 is 23.2 Å². The Bertz CT molecular complexity index is 655. The van der Waals surface area contributed by atoms with Gasteiger partial charge in [-0.2, -0.15) is 0 Å². The van der Waals surface area contributed by atoms with Crippen molar-refractivity contribution in [2.45, 2.75) is 26.3 Å². The zero-order valence-electron chi connectivity index (χ0n) is 12.4. The summed E-state index contributed by atoms with van der Waals surface area (Å²) in [6.45, 7) is 4.10. The van der Waals surface area contributed by atoms with Gasteiger partial charge in [-0.3, -0.25) is 0 Å². The molecule has 0 aromatic heterocycles. The lowest BCUT2D eigenvalue weighted by atomic mass is 9.95. The molecule has 0 aliphatic carbocycles. The predicted molar refractivity (Wildman–Crippen MR) is 89.6 cm³/mol. The highest BCUT2D eigenvalue weighted by atomic mass is 35.5. The molecule has 1 atom stereocenters. The molecule has 2 aromatic rings. The molecule has 0 heterocycles. The van der Waals surface area contributed by atoms with Crippen LogP contribution in [0.5, 0.6) is 5.75 Å². The molecule has 2 aromatic carbocycles. The van der Waals surface area contributed by atoms with Gasteiger partial charge in [0.15, 0.2) is 0 Å². The van der Waals surface area contributed by atoms with Crippen molar-refractivity contribution < 1.29 is 4.74 Å². The Balaban J connectivity index is 2.32. The van der Waals surface area contributed by atoms with E-state index in [0.717, 1.165) is 22.4 Å². The fraction of sp³-hybridized carbons (Fsp3) is 0.294. The Morgan fingerprint density at radius 1 is 1.14 bits per heavy atom. The van der Waals surface area contributed by atoms with E-state index in [-0.39, 0.29) is 6.04 Å². The van der Waals surface area contributed by atoms with Gasteiger partial charge in [-0.15, -0.1) is 0 Å². The van der Waals surface area contributed by atoms with Crippen LogP contribution in [0, 0.1) is 13.8 Å². The third-order valence-corrected chi connectivity index (χ3v) is 4.35. The summed E-state index contributed by atoms with van der Waals surface area (Å²) in [7, 11) is 1.67. The quantitative estimate of drug-likeness (QED) is 0.871. The van der Waals surface area contributed by atoms with Crippen molar-refractivity contribution >= 4 is 23.2 Å². The molecular formula is C17H19Cl2NO. The number of ether oxygens (including phenoxy) is 1. The van der Waals surface area contributed by atoms with Crippen LogP contribution in [0.2, 0.25) is 10.0 Å². The molecule has 0 amide bonds. The summed E-state index contributed by atoms with van der Waals surface area (Å²) < 4.78 is 5.53. The predicted octanol–water partition coefficient (Wildman–Crippen LogP) is 4.86. The number of hydrogen-bond acceptors (Lipinski definition) is 2. The molecule has 0 radical (unpaired) electrons.